The first-order valence-electron chi connectivity index (χ1n) is 10.2. The maximum Gasteiger partial charge on any atom is 0.229 e. The number of carbonyl (C=O) groups excluding carboxylic acids is 1. The lowest BCUT2D eigenvalue weighted by Gasteiger charge is -2.38. The SMILES string of the molecule is COc1ccc2cc([C@H](C)C(=O)N3CCN([C@H]4CCS(=O)(=O)C4)CC3)ccc2c1. The van der Waals surface area contributed by atoms with Crippen molar-refractivity contribution in [2.24, 2.45) is 0 Å². The lowest BCUT2D eigenvalue weighted by molar-refractivity contribution is -0.134. The van der Waals surface area contributed by atoms with Gasteiger partial charge in [0.2, 0.25) is 5.91 Å². The molecule has 7 heteroatoms. The zero-order valence-corrected chi connectivity index (χ0v) is 17.8. The molecule has 29 heavy (non-hydrogen) atoms. The van der Waals surface area contributed by atoms with Crippen LogP contribution in [0.4, 0.5) is 0 Å². The Hall–Kier alpha value is -2.12. The van der Waals surface area contributed by atoms with E-state index in [0.29, 0.717) is 25.3 Å². The van der Waals surface area contributed by atoms with E-state index in [2.05, 4.69) is 11.0 Å². The molecule has 156 valence electrons. The van der Waals surface area contributed by atoms with E-state index in [-0.39, 0.29) is 23.6 Å². The Bertz CT molecular complexity index is 1010. The van der Waals surface area contributed by atoms with Gasteiger partial charge in [0.15, 0.2) is 9.84 Å². The average Bonchev–Trinajstić information content (AvgIpc) is 3.11. The highest BCUT2D eigenvalue weighted by molar-refractivity contribution is 7.91. The standard InChI is InChI=1S/C22H28N2O4S/c1-16(17-3-4-19-14-21(28-2)6-5-18(19)13-17)22(25)24-10-8-23(9-11-24)20-7-12-29(26,27)15-20/h3-6,13-14,16,20H,7-12,15H2,1-2H3/t16-,20-/m0/s1. The molecule has 6 nitrogen and oxygen atoms in total. The first-order valence-corrected chi connectivity index (χ1v) is 12.0. The molecule has 4 rings (SSSR count). The van der Waals surface area contributed by atoms with Crippen LogP contribution in [0, 0.1) is 0 Å². The smallest absolute Gasteiger partial charge is 0.229 e. The van der Waals surface area contributed by atoms with E-state index in [0.717, 1.165) is 35.2 Å². The fourth-order valence-electron chi connectivity index (χ4n) is 4.43. The normalized spacial score (nSPS) is 23.2. The second kappa shape index (κ2) is 7.95. The number of hydrogen-bond donors (Lipinski definition) is 0. The molecule has 0 saturated carbocycles. The summed E-state index contributed by atoms with van der Waals surface area (Å²) in [5.74, 6) is 1.31. The Morgan fingerprint density at radius 3 is 2.41 bits per heavy atom. The summed E-state index contributed by atoms with van der Waals surface area (Å²) in [4.78, 5) is 17.2. The van der Waals surface area contributed by atoms with Crippen LogP contribution in [-0.4, -0.2) is 75.0 Å². The van der Waals surface area contributed by atoms with Crippen molar-refractivity contribution in [1.29, 1.82) is 0 Å². The van der Waals surface area contributed by atoms with Crippen molar-refractivity contribution < 1.29 is 17.9 Å². The second-order valence-electron chi connectivity index (χ2n) is 8.11. The number of rotatable bonds is 4. The number of carbonyl (C=O) groups is 1. The van der Waals surface area contributed by atoms with Crippen LogP contribution in [0.3, 0.4) is 0 Å². The first kappa shape index (κ1) is 20.2. The molecule has 2 aliphatic heterocycles. The molecule has 2 saturated heterocycles. The van der Waals surface area contributed by atoms with Gasteiger partial charge >= 0.3 is 0 Å². The summed E-state index contributed by atoms with van der Waals surface area (Å²) in [6, 6.07) is 12.2. The Morgan fingerprint density at radius 2 is 1.76 bits per heavy atom. The van der Waals surface area contributed by atoms with Crippen molar-refractivity contribution in [3.05, 3.63) is 42.0 Å². The van der Waals surface area contributed by atoms with Crippen LogP contribution in [0.5, 0.6) is 5.75 Å². The molecule has 0 radical (unpaired) electrons. The van der Waals surface area contributed by atoms with E-state index in [1.807, 2.05) is 42.2 Å². The van der Waals surface area contributed by atoms with Gasteiger partial charge in [0.25, 0.3) is 0 Å². The van der Waals surface area contributed by atoms with E-state index in [4.69, 9.17) is 4.74 Å². The maximum absolute atomic E-state index is 13.1. The first-order chi connectivity index (χ1) is 13.9. The third-order valence-electron chi connectivity index (χ3n) is 6.29. The Labute approximate surface area is 172 Å². The Morgan fingerprint density at radius 1 is 1.07 bits per heavy atom. The predicted octanol–water partition coefficient (Wildman–Crippen LogP) is 2.28. The molecule has 2 aromatic carbocycles. The van der Waals surface area contributed by atoms with Crippen LogP contribution in [0.1, 0.15) is 24.8 Å². The number of ether oxygens (including phenoxy) is 1. The minimum absolute atomic E-state index is 0.118. The van der Waals surface area contributed by atoms with Gasteiger partial charge in [0.1, 0.15) is 5.75 Å². The highest BCUT2D eigenvalue weighted by Crippen LogP contribution is 2.27. The molecular formula is C22H28N2O4S. The monoisotopic (exact) mass is 416 g/mol. The number of sulfone groups is 1. The van der Waals surface area contributed by atoms with Crippen molar-refractivity contribution in [2.45, 2.75) is 25.3 Å². The third kappa shape index (κ3) is 4.26. The van der Waals surface area contributed by atoms with E-state index < -0.39 is 9.84 Å². The largest absolute Gasteiger partial charge is 0.497 e. The fraction of sp³-hybridized carbons (Fsp3) is 0.500. The quantitative estimate of drug-likeness (QED) is 0.765. The van der Waals surface area contributed by atoms with Crippen molar-refractivity contribution in [2.75, 3.05) is 44.8 Å². The van der Waals surface area contributed by atoms with Crippen LogP contribution in [0.25, 0.3) is 10.8 Å². The van der Waals surface area contributed by atoms with Crippen LogP contribution in [0.2, 0.25) is 0 Å². The van der Waals surface area contributed by atoms with Crippen LogP contribution < -0.4 is 4.74 Å². The molecule has 2 aromatic rings. The topological polar surface area (TPSA) is 66.9 Å². The minimum atomic E-state index is -2.88. The molecule has 2 atom stereocenters. The number of amides is 1. The number of hydrogen-bond acceptors (Lipinski definition) is 5. The number of benzene rings is 2. The fourth-order valence-corrected chi connectivity index (χ4v) is 6.19. The molecule has 0 unspecified atom stereocenters. The molecule has 2 heterocycles. The van der Waals surface area contributed by atoms with Crippen molar-refractivity contribution in [3.8, 4) is 5.75 Å². The highest BCUT2D eigenvalue weighted by atomic mass is 32.2. The highest BCUT2D eigenvalue weighted by Gasteiger charge is 2.35. The van der Waals surface area contributed by atoms with Crippen molar-refractivity contribution in [3.63, 3.8) is 0 Å². The Kier molecular flexibility index (Phi) is 5.53. The van der Waals surface area contributed by atoms with E-state index >= 15 is 0 Å². The van der Waals surface area contributed by atoms with Gasteiger partial charge in [-0.15, -0.1) is 0 Å². The van der Waals surface area contributed by atoms with Crippen LogP contribution in [-0.2, 0) is 14.6 Å². The lowest BCUT2D eigenvalue weighted by Crippen LogP contribution is -2.53. The van der Waals surface area contributed by atoms with Crippen molar-refractivity contribution in [1.82, 2.24) is 9.80 Å². The summed E-state index contributed by atoms with van der Waals surface area (Å²) in [6.45, 7) is 4.77. The molecule has 0 aliphatic carbocycles. The molecule has 0 N–H and O–H groups in total. The second-order valence-corrected chi connectivity index (χ2v) is 10.3. The van der Waals surface area contributed by atoms with E-state index in [1.54, 1.807) is 7.11 Å². The lowest BCUT2D eigenvalue weighted by atomic mass is 9.96. The van der Waals surface area contributed by atoms with Crippen LogP contribution >= 0.6 is 0 Å². The molecule has 0 bridgehead atoms. The Balaban J connectivity index is 1.40. The van der Waals surface area contributed by atoms with Gasteiger partial charge in [-0.1, -0.05) is 24.3 Å². The van der Waals surface area contributed by atoms with Gasteiger partial charge in [0, 0.05) is 32.2 Å². The summed E-state index contributed by atoms with van der Waals surface area (Å²) >= 11 is 0. The maximum atomic E-state index is 13.1. The van der Waals surface area contributed by atoms with Crippen LogP contribution in [0.15, 0.2) is 36.4 Å². The van der Waals surface area contributed by atoms with Gasteiger partial charge < -0.3 is 9.64 Å². The molecule has 0 spiro atoms. The van der Waals surface area contributed by atoms with Gasteiger partial charge in [-0.2, -0.15) is 0 Å². The third-order valence-corrected chi connectivity index (χ3v) is 8.04. The van der Waals surface area contributed by atoms with Gasteiger partial charge in [0.05, 0.1) is 24.5 Å². The average molecular weight is 417 g/mol. The number of fused-ring (bicyclic) bond motifs is 1. The molecule has 0 aromatic heterocycles. The van der Waals surface area contributed by atoms with Crippen molar-refractivity contribution >= 4 is 26.5 Å². The summed E-state index contributed by atoms with van der Waals surface area (Å²) in [7, 11) is -1.22. The zero-order chi connectivity index (χ0) is 20.6. The minimum Gasteiger partial charge on any atom is -0.497 e. The van der Waals surface area contributed by atoms with E-state index in [9.17, 15) is 13.2 Å². The number of nitrogens with zero attached hydrogens (tertiary/aromatic N) is 2. The molecule has 2 aliphatic rings. The summed E-state index contributed by atoms with van der Waals surface area (Å²) in [6.07, 6.45) is 0.717. The van der Waals surface area contributed by atoms with Gasteiger partial charge in [-0.05, 0) is 41.8 Å². The number of piperazine rings is 1. The van der Waals surface area contributed by atoms with Gasteiger partial charge in [-0.3, -0.25) is 9.69 Å². The zero-order valence-electron chi connectivity index (χ0n) is 17.0. The predicted molar refractivity (Wildman–Crippen MR) is 114 cm³/mol. The molecular weight excluding hydrogens is 388 g/mol. The summed E-state index contributed by atoms with van der Waals surface area (Å²) in [5.41, 5.74) is 1.01. The summed E-state index contributed by atoms with van der Waals surface area (Å²) in [5, 5.41) is 2.18. The van der Waals surface area contributed by atoms with Gasteiger partial charge in [-0.25, -0.2) is 8.42 Å². The number of methoxy groups -OCH3 is 1. The molecule has 1 amide bonds. The molecule has 2 fully saturated rings. The summed E-state index contributed by atoms with van der Waals surface area (Å²) < 4.78 is 28.7. The van der Waals surface area contributed by atoms with E-state index in [1.165, 1.54) is 0 Å².